The number of benzene rings is 2. The number of carbonyl (C=O) groups is 2. The van der Waals surface area contributed by atoms with E-state index in [1.54, 1.807) is 31.3 Å². The molecule has 0 N–H and O–H groups in total. The monoisotopic (exact) mass is 364 g/mol. The quantitative estimate of drug-likeness (QED) is 0.774. The third-order valence-electron chi connectivity index (χ3n) is 3.64. The van der Waals surface area contributed by atoms with Crippen molar-refractivity contribution in [3.63, 3.8) is 0 Å². The summed E-state index contributed by atoms with van der Waals surface area (Å²) in [6.07, 6.45) is 0. The van der Waals surface area contributed by atoms with Crippen LogP contribution in [0.5, 0.6) is 0 Å². The first-order valence-corrected chi connectivity index (χ1v) is 7.70. The van der Waals surface area contributed by atoms with Crippen LogP contribution in [0.25, 0.3) is 0 Å². The Morgan fingerprint density at radius 1 is 1.00 bits per heavy atom. The van der Waals surface area contributed by atoms with Crippen LogP contribution >= 0.6 is 23.2 Å². The summed E-state index contributed by atoms with van der Waals surface area (Å²) in [5.41, 5.74) is 0.908. The summed E-state index contributed by atoms with van der Waals surface area (Å²) in [5.74, 6) is -1.92. The lowest BCUT2D eigenvalue weighted by Crippen LogP contribution is -2.34. The van der Waals surface area contributed by atoms with E-state index in [0.717, 1.165) is 11.0 Å². The van der Waals surface area contributed by atoms with Crippen LogP contribution < -0.4 is 9.80 Å². The second-order valence-electron chi connectivity index (χ2n) is 5.10. The Balaban J connectivity index is 2.00. The minimum atomic E-state index is -0.679. The first kappa shape index (κ1) is 16.5. The molecule has 7 heteroatoms. The highest BCUT2D eigenvalue weighted by molar-refractivity contribution is 6.53. The van der Waals surface area contributed by atoms with Crippen LogP contribution in [0.3, 0.4) is 0 Å². The highest BCUT2D eigenvalue weighted by atomic mass is 35.5. The van der Waals surface area contributed by atoms with Crippen molar-refractivity contribution in [3.8, 4) is 0 Å². The number of anilines is 2. The molecule has 1 heterocycles. The zero-order valence-corrected chi connectivity index (χ0v) is 14.0. The summed E-state index contributed by atoms with van der Waals surface area (Å²) in [4.78, 5) is 27.5. The summed E-state index contributed by atoms with van der Waals surface area (Å²) in [6.45, 7) is 0. The van der Waals surface area contributed by atoms with Crippen LogP contribution in [0.15, 0.2) is 59.3 Å². The lowest BCUT2D eigenvalue weighted by Gasteiger charge is -2.21. The molecule has 1 aliphatic heterocycles. The molecule has 0 spiro atoms. The zero-order chi connectivity index (χ0) is 17.4. The molecular formula is C17H11Cl2FN2O2. The Hall–Kier alpha value is -2.37. The number of halogens is 3. The smallest absolute Gasteiger partial charge is 0.283 e. The largest absolute Gasteiger partial charge is 0.339 e. The van der Waals surface area contributed by atoms with Gasteiger partial charge in [-0.1, -0.05) is 41.4 Å². The van der Waals surface area contributed by atoms with Crippen LogP contribution in [0.4, 0.5) is 15.8 Å². The van der Waals surface area contributed by atoms with Gasteiger partial charge in [0.1, 0.15) is 16.5 Å². The van der Waals surface area contributed by atoms with E-state index in [0.29, 0.717) is 5.69 Å². The van der Waals surface area contributed by atoms with E-state index in [4.69, 9.17) is 23.2 Å². The predicted molar refractivity (Wildman–Crippen MR) is 91.6 cm³/mol. The SMILES string of the molecule is CN(C1=C(Cl)C(=O)N(c2ccc(F)c(Cl)c2)C1=O)c1ccccc1. The van der Waals surface area contributed by atoms with Gasteiger partial charge in [-0.05, 0) is 30.3 Å². The molecule has 0 radical (unpaired) electrons. The normalized spacial score (nSPS) is 14.6. The Kier molecular flexibility index (Phi) is 4.30. The van der Waals surface area contributed by atoms with Gasteiger partial charge in [0.05, 0.1) is 10.7 Å². The van der Waals surface area contributed by atoms with E-state index in [1.165, 1.54) is 17.0 Å². The van der Waals surface area contributed by atoms with Gasteiger partial charge in [0, 0.05) is 12.7 Å². The van der Waals surface area contributed by atoms with Gasteiger partial charge in [0.25, 0.3) is 11.8 Å². The maximum Gasteiger partial charge on any atom is 0.283 e. The lowest BCUT2D eigenvalue weighted by atomic mass is 10.2. The maximum atomic E-state index is 13.3. The van der Waals surface area contributed by atoms with Crippen molar-refractivity contribution in [2.45, 2.75) is 0 Å². The number of para-hydroxylation sites is 1. The van der Waals surface area contributed by atoms with Crippen molar-refractivity contribution < 1.29 is 14.0 Å². The molecule has 0 fully saturated rings. The van der Waals surface area contributed by atoms with E-state index in [9.17, 15) is 14.0 Å². The average Bonchev–Trinajstić information content (AvgIpc) is 2.80. The van der Waals surface area contributed by atoms with Crippen molar-refractivity contribution in [3.05, 3.63) is 70.1 Å². The Morgan fingerprint density at radius 2 is 1.67 bits per heavy atom. The van der Waals surface area contributed by atoms with Gasteiger partial charge in [0.2, 0.25) is 0 Å². The van der Waals surface area contributed by atoms with E-state index in [-0.39, 0.29) is 21.4 Å². The van der Waals surface area contributed by atoms with Crippen LogP contribution in [0.1, 0.15) is 0 Å². The van der Waals surface area contributed by atoms with Crippen molar-refractivity contribution in [1.29, 1.82) is 0 Å². The van der Waals surface area contributed by atoms with Gasteiger partial charge in [0.15, 0.2) is 0 Å². The molecule has 0 saturated carbocycles. The first-order chi connectivity index (χ1) is 11.4. The van der Waals surface area contributed by atoms with Gasteiger partial charge in [-0.3, -0.25) is 9.59 Å². The Morgan fingerprint density at radius 3 is 2.29 bits per heavy atom. The number of likely N-dealkylation sites (N-methyl/N-ethyl adjacent to an activating group) is 1. The third kappa shape index (κ3) is 2.66. The molecule has 3 rings (SSSR count). The molecule has 0 atom stereocenters. The van der Waals surface area contributed by atoms with Crippen molar-refractivity contribution in [2.24, 2.45) is 0 Å². The van der Waals surface area contributed by atoms with Crippen molar-refractivity contribution >= 4 is 46.4 Å². The molecule has 1 aliphatic rings. The molecule has 0 saturated heterocycles. The molecule has 2 aromatic rings. The Bertz CT molecular complexity index is 868. The number of nitrogens with zero attached hydrogens (tertiary/aromatic N) is 2. The molecule has 0 bridgehead atoms. The fourth-order valence-electron chi connectivity index (χ4n) is 2.42. The van der Waals surface area contributed by atoms with Crippen LogP contribution in [-0.4, -0.2) is 18.9 Å². The summed E-state index contributed by atoms with van der Waals surface area (Å²) in [7, 11) is 1.64. The molecule has 2 amide bonds. The number of carbonyl (C=O) groups excluding carboxylic acids is 2. The molecular weight excluding hydrogens is 354 g/mol. The molecule has 2 aromatic carbocycles. The topological polar surface area (TPSA) is 40.6 Å². The molecule has 4 nitrogen and oxygen atoms in total. The minimum Gasteiger partial charge on any atom is -0.339 e. The van der Waals surface area contributed by atoms with Gasteiger partial charge in [-0.2, -0.15) is 0 Å². The van der Waals surface area contributed by atoms with Crippen LogP contribution in [0.2, 0.25) is 5.02 Å². The molecule has 0 aromatic heterocycles. The molecule has 122 valence electrons. The van der Waals surface area contributed by atoms with Gasteiger partial charge in [-0.15, -0.1) is 0 Å². The van der Waals surface area contributed by atoms with Gasteiger partial charge in [-0.25, -0.2) is 9.29 Å². The summed E-state index contributed by atoms with van der Waals surface area (Å²) >= 11 is 11.8. The summed E-state index contributed by atoms with van der Waals surface area (Å²) in [6, 6.07) is 12.6. The molecule has 24 heavy (non-hydrogen) atoms. The van der Waals surface area contributed by atoms with E-state index >= 15 is 0 Å². The number of rotatable bonds is 3. The fraction of sp³-hybridized carbons (Fsp3) is 0.0588. The number of hydrogen-bond donors (Lipinski definition) is 0. The maximum absolute atomic E-state index is 13.3. The minimum absolute atomic E-state index is 0.0494. The highest BCUT2D eigenvalue weighted by Crippen LogP contribution is 2.34. The third-order valence-corrected chi connectivity index (χ3v) is 4.28. The van der Waals surface area contributed by atoms with E-state index in [1.807, 2.05) is 6.07 Å². The summed E-state index contributed by atoms with van der Waals surface area (Å²) in [5, 5.41) is -0.388. The standard InChI is InChI=1S/C17H11Cl2FN2O2/c1-21(10-5-3-2-4-6-10)15-14(19)16(23)22(17(15)24)11-7-8-13(20)12(18)9-11/h2-9H,1H3. The number of imide groups is 1. The highest BCUT2D eigenvalue weighted by Gasteiger charge is 2.41. The van der Waals surface area contributed by atoms with Crippen LogP contribution in [0, 0.1) is 5.82 Å². The lowest BCUT2D eigenvalue weighted by molar-refractivity contribution is -0.120. The van der Waals surface area contributed by atoms with E-state index < -0.39 is 17.6 Å². The fourth-order valence-corrected chi connectivity index (χ4v) is 2.89. The second kappa shape index (κ2) is 6.26. The van der Waals surface area contributed by atoms with Crippen molar-refractivity contribution in [1.82, 2.24) is 0 Å². The number of amides is 2. The first-order valence-electron chi connectivity index (χ1n) is 6.94. The predicted octanol–water partition coefficient (Wildman–Crippen LogP) is 3.94. The molecule has 0 aliphatic carbocycles. The van der Waals surface area contributed by atoms with Crippen LogP contribution in [-0.2, 0) is 9.59 Å². The zero-order valence-electron chi connectivity index (χ0n) is 12.5. The van der Waals surface area contributed by atoms with Gasteiger partial charge < -0.3 is 4.90 Å². The molecule has 0 unspecified atom stereocenters. The van der Waals surface area contributed by atoms with E-state index in [2.05, 4.69) is 0 Å². The van der Waals surface area contributed by atoms with Crippen molar-refractivity contribution in [2.75, 3.05) is 16.8 Å². The summed E-state index contributed by atoms with van der Waals surface area (Å²) < 4.78 is 13.3. The average molecular weight is 365 g/mol. The second-order valence-corrected chi connectivity index (χ2v) is 5.89. The van der Waals surface area contributed by atoms with Gasteiger partial charge >= 0.3 is 0 Å². The number of hydrogen-bond acceptors (Lipinski definition) is 3. The Labute approximate surface area is 147 Å².